The number of rotatable bonds is 3. The fourth-order valence-corrected chi connectivity index (χ4v) is 1.41. The first kappa shape index (κ1) is 11.1. The number of hydrogen-bond acceptors (Lipinski definition) is 2. The van der Waals surface area contributed by atoms with Gasteiger partial charge < -0.3 is 5.11 Å². The molecule has 2 aromatic carbocycles. The van der Waals surface area contributed by atoms with E-state index in [2.05, 4.69) is 4.99 Å². The van der Waals surface area contributed by atoms with Crippen LogP contribution in [-0.2, 0) is 0 Å². The topological polar surface area (TPSA) is 32.6 Å². The quantitative estimate of drug-likeness (QED) is 0.788. The summed E-state index contributed by atoms with van der Waals surface area (Å²) in [5.74, 6) is 0.192. The lowest BCUT2D eigenvalue weighted by atomic mass is 10.2. The number of phenolic OH excluding ortho intramolecular Hbond substituents is 1. The smallest absolute Gasteiger partial charge is 0.141 e. The molecule has 0 fully saturated rings. The van der Waals surface area contributed by atoms with Crippen LogP contribution in [0.3, 0.4) is 0 Å². The molecule has 2 rings (SSSR count). The number of benzene rings is 2. The monoisotopic (exact) mass is 223 g/mol. The summed E-state index contributed by atoms with van der Waals surface area (Å²) < 4.78 is 0. The molecule has 0 radical (unpaired) electrons. The van der Waals surface area contributed by atoms with E-state index in [-0.39, 0.29) is 5.75 Å². The van der Waals surface area contributed by atoms with E-state index >= 15 is 0 Å². The van der Waals surface area contributed by atoms with Gasteiger partial charge in [-0.25, -0.2) is 0 Å². The van der Waals surface area contributed by atoms with Crippen molar-refractivity contribution in [2.24, 2.45) is 4.99 Å². The number of phenols is 1. The van der Waals surface area contributed by atoms with Gasteiger partial charge in [0.25, 0.3) is 0 Å². The van der Waals surface area contributed by atoms with Crippen LogP contribution in [0.5, 0.6) is 5.75 Å². The summed E-state index contributed by atoms with van der Waals surface area (Å²) in [6.45, 7) is 0. The summed E-state index contributed by atoms with van der Waals surface area (Å²) in [4.78, 5) is 4.16. The van der Waals surface area contributed by atoms with E-state index in [1.165, 1.54) is 0 Å². The fourth-order valence-electron chi connectivity index (χ4n) is 1.41. The van der Waals surface area contributed by atoms with Crippen molar-refractivity contribution >= 4 is 18.0 Å². The van der Waals surface area contributed by atoms with Gasteiger partial charge in [0.05, 0.1) is 0 Å². The predicted octanol–water partition coefficient (Wildman–Crippen LogP) is 3.81. The molecule has 0 aliphatic rings. The number of aliphatic imine (C=N–C) groups is 1. The van der Waals surface area contributed by atoms with Crippen molar-refractivity contribution in [2.75, 3.05) is 0 Å². The molecule has 0 aromatic heterocycles. The van der Waals surface area contributed by atoms with Gasteiger partial charge in [0.15, 0.2) is 0 Å². The summed E-state index contributed by atoms with van der Waals surface area (Å²) in [6.07, 6.45) is 5.48. The standard InChI is InChI=1S/C15H13NO/c17-15-11-5-4-10-14(15)16-12-6-9-13-7-2-1-3-8-13/h1-12,17H. The van der Waals surface area contributed by atoms with Crippen molar-refractivity contribution in [1.82, 2.24) is 0 Å². The van der Waals surface area contributed by atoms with E-state index in [1.807, 2.05) is 48.6 Å². The second-order valence-corrected chi connectivity index (χ2v) is 3.54. The number of allylic oxidation sites excluding steroid dienone is 1. The Morgan fingerprint density at radius 1 is 0.882 bits per heavy atom. The Balaban J connectivity index is 2.04. The molecule has 0 bridgehead atoms. The lowest BCUT2D eigenvalue weighted by Gasteiger charge is -1.95. The molecular weight excluding hydrogens is 210 g/mol. The molecule has 0 saturated carbocycles. The highest BCUT2D eigenvalue weighted by Crippen LogP contribution is 2.24. The summed E-state index contributed by atoms with van der Waals surface area (Å²) in [5.41, 5.74) is 1.70. The Labute approximate surface area is 101 Å². The van der Waals surface area contributed by atoms with Crippen molar-refractivity contribution in [3.8, 4) is 5.75 Å². The first-order valence-corrected chi connectivity index (χ1v) is 5.40. The molecule has 0 amide bonds. The SMILES string of the molecule is Oc1ccccc1N=CC=Cc1ccccc1. The van der Waals surface area contributed by atoms with E-state index in [0.717, 1.165) is 5.56 Å². The van der Waals surface area contributed by atoms with Crippen LogP contribution in [0.1, 0.15) is 5.56 Å². The first-order valence-electron chi connectivity index (χ1n) is 5.40. The number of para-hydroxylation sites is 2. The van der Waals surface area contributed by atoms with Gasteiger partial charge in [-0.2, -0.15) is 0 Å². The van der Waals surface area contributed by atoms with Gasteiger partial charge in [-0.3, -0.25) is 4.99 Å². The zero-order chi connectivity index (χ0) is 11.9. The van der Waals surface area contributed by atoms with Crippen molar-refractivity contribution in [2.45, 2.75) is 0 Å². The van der Waals surface area contributed by atoms with E-state index < -0.39 is 0 Å². The minimum absolute atomic E-state index is 0.192. The zero-order valence-electron chi connectivity index (χ0n) is 9.32. The van der Waals surface area contributed by atoms with Crippen LogP contribution in [0.25, 0.3) is 6.08 Å². The molecule has 0 atom stereocenters. The molecule has 0 saturated heterocycles. The molecule has 0 unspecified atom stereocenters. The molecule has 2 heteroatoms. The Kier molecular flexibility index (Phi) is 3.71. The molecular formula is C15H13NO. The average Bonchev–Trinajstić information content (AvgIpc) is 2.38. The number of nitrogens with zero attached hydrogens (tertiary/aromatic N) is 1. The van der Waals surface area contributed by atoms with Gasteiger partial charge in [-0.15, -0.1) is 0 Å². The minimum atomic E-state index is 0.192. The first-order chi connectivity index (χ1) is 8.36. The van der Waals surface area contributed by atoms with Crippen LogP contribution in [0.2, 0.25) is 0 Å². The molecule has 2 aromatic rings. The third-order valence-electron chi connectivity index (χ3n) is 2.27. The van der Waals surface area contributed by atoms with Gasteiger partial charge in [-0.1, -0.05) is 48.5 Å². The maximum absolute atomic E-state index is 9.49. The number of hydrogen-bond donors (Lipinski definition) is 1. The average molecular weight is 223 g/mol. The maximum Gasteiger partial charge on any atom is 0.141 e. The van der Waals surface area contributed by atoms with Crippen molar-refractivity contribution in [3.05, 3.63) is 66.2 Å². The van der Waals surface area contributed by atoms with Crippen LogP contribution < -0.4 is 0 Å². The van der Waals surface area contributed by atoms with Gasteiger partial charge in [-0.05, 0) is 23.8 Å². The molecule has 84 valence electrons. The van der Waals surface area contributed by atoms with Crippen LogP contribution in [-0.4, -0.2) is 11.3 Å². The van der Waals surface area contributed by atoms with E-state index in [9.17, 15) is 5.11 Å². The molecule has 0 heterocycles. The van der Waals surface area contributed by atoms with Gasteiger partial charge in [0.1, 0.15) is 11.4 Å². The molecule has 17 heavy (non-hydrogen) atoms. The molecule has 0 aliphatic carbocycles. The lowest BCUT2D eigenvalue weighted by molar-refractivity contribution is 0.477. The van der Waals surface area contributed by atoms with E-state index in [4.69, 9.17) is 0 Å². The molecule has 0 spiro atoms. The number of aromatic hydroxyl groups is 1. The summed E-state index contributed by atoms with van der Waals surface area (Å²) in [7, 11) is 0. The normalized spacial score (nSPS) is 11.3. The van der Waals surface area contributed by atoms with Gasteiger partial charge >= 0.3 is 0 Å². The lowest BCUT2D eigenvalue weighted by Crippen LogP contribution is -1.71. The Bertz CT molecular complexity index is 530. The molecule has 2 nitrogen and oxygen atoms in total. The maximum atomic E-state index is 9.49. The van der Waals surface area contributed by atoms with Crippen LogP contribution in [0.15, 0.2) is 65.7 Å². The van der Waals surface area contributed by atoms with Crippen LogP contribution >= 0.6 is 0 Å². The Hall–Kier alpha value is -2.35. The van der Waals surface area contributed by atoms with Crippen LogP contribution in [0.4, 0.5) is 5.69 Å². The second kappa shape index (κ2) is 5.66. The largest absolute Gasteiger partial charge is 0.506 e. The Morgan fingerprint density at radius 3 is 2.35 bits per heavy atom. The van der Waals surface area contributed by atoms with Crippen molar-refractivity contribution in [3.63, 3.8) is 0 Å². The second-order valence-electron chi connectivity index (χ2n) is 3.54. The third-order valence-corrected chi connectivity index (χ3v) is 2.27. The highest BCUT2D eigenvalue weighted by atomic mass is 16.3. The molecule has 1 N–H and O–H groups in total. The summed E-state index contributed by atoms with van der Waals surface area (Å²) in [5, 5.41) is 9.49. The van der Waals surface area contributed by atoms with E-state index in [1.54, 1.807) is 24.4 Å². The summed E-state index contributed by atoms with van der Waals surface area (Å²) in [6, 6.07) is 17.0. The summed E-state index contributed by atoms with van der Waals surface area (Å²) >= 11 is 0. The van der Waals surface area contributed by atoms with E-state index in [0.29, 0.717) is 5.69 Å². The van der Waals surface area contributed by atoms with Crippen molar-refractivity contribution in [1.29, 1.82) is 0 Å². The highest BCUT2D eigenvalue weighted by Gasteiger charge is 1.93. The van der Waals surface area contributed by atoms with Gasteiger partial charge in [0, 0.05) is 6.21 Å². The fraction of sp³-hybridized carbons (Fsp3) is 0. The highest BCUT2D eigenvalue weighted by molar-refractivity contribution is 5.81. The third kappa shape index (κ3) is 3.31. The molecule has 0 aliphatic heterocycles. The minimum Gasteiger partial charge on any atom is -0.506 e. The Morgan fingerprint density at radius 2 is 1.59 bits per heavy atom. The van der Waals surface area contributed by atoms with Crippen molar-refractivity contribution < 1.29 is 5.11 Å². The predicted molar refractivity (Wildman–Crippen MR) is 71.7 cm³/mol. The zero-order valence-corrected chi connectivity index (χ0v) is 9.32. The van der Waals surface area contributed by atoms with Gasteiger partial charge in [0.2, 0.25) is 0 Å². The van der Waals surface area contributed by atoms with Crippen LogP contribution in [0, 0.1) is 0 Å².